The van der Waals surface area contributed by atoms with Gasteiger partial charge in [0.05, 0.1) is 11.6 Å². The first-order valence-electron chi connectivity index (χ1n) is 7.49. The van der Waals surface area contributed by atoms with Crippen molar-refractivity contribution >= 4 is 5.91 Å². The van der Waals surface area contributed by atoms with Crippen LogP contribution in [0.5, 0.6) is 5.75 Å². The summed E-state index contributed by atoms with van der Waals surface area (Å²) in [5.74, 6) is 0.528. The number of likely N-dealkylation sites (N-methyl/N-ethyl adjacent to an activating group) is 1. The average molecular weight is 292 g/mol. The van der Waals surface area contributed by atoms with Gasteiger partial charge in [-0.25, -0.2) is 0 Å². The van der Waals surface area contributed by atoms with Crippen LogP contribution < -0.4 is 15.8 Å². The molecule has 4 heteroatoms. The van der Waals surface area contributed by atoms with Gasteiger partial charge in [0.15, 0.2) is 0 Å². The maximum absolute atomic E-state index is 11.7. The van der Waals surface area contributed by atoms with Gasteiger partial charge in [0.2, 0.25) is 5.91 Å². The van der Waals surface area contributed by atoms with Crippen LogP contribution in [0.15, 0.2) is 12.1 Å². The highest BCUT2D eigenvalue weighted by Crippen LogP contribution is 2.26. The van der Waals surface area contributed by atoms with E-state index < -0.39 is 5.54 Å². The fourth-order valence-electron chi connectivity index (χ4n) is 2.61. The van der Waals surface area contributed by atoms with Gasteiger partial charge in [-0.3, -0.25) is 4.79 Å². The Morgan fingerprint density at radius 2 is 2.00 bits per heavy atom. The van der Waals surface area contributed by atoms with E-state index in [1.807, 2.05) is 26.8 Å². The summed E-state index contributed by atoms with van der Waals surface area (Å²) in [5, 5.41) is 3.16. The Balaban J connectivity index is 2.86. The molecule has 0 aliphatic carbocycles. The fourth-order valence-corrected chi connectivity index (χ4v) is 2.61. The number of carbonyl (C=O) groups is 1. The highest BCUT2D eigenvalue weighted by Gasteiger charge is 2.32. The van der Waals surface area contributed by atoms with Crippen molar-refractivity contribution in [3.63, 3.8) is 0 Å². The monoisotopic (exact) mass is 292 g/mol. The standard InChI is InChI=1S/C17H28N2O2/c1-7-19-17(6,16(18)20)10-13(4)21-15-9-11(2)8-12(3)14(15)5/h8-9,13,19H,7,10H2,1-6H3,(H2,18,20). The van der Waals surface area contributed by atoms with Crippen molar-refractivity contribution in [3.05, 3.63) is 28.8 Å². The molecule has 118 valence electrons. The SMILES string of the molecule is CCNC(C)(CC(C)Oc1cc(C)cc(C)c1C)C(N)=O. The number of nitrogens with two attached hydrogens (primary N) is 1. The topological polar surface area (TPSA) is 64.3 Å². The summed E-state index contributed by atoms with van der Waals surface area (Å²) in [4.78, 5) is 11.7. The predicted molar refractivity (Wildman–Crippen MR) is 86.6 cm³/mol. The average Bonchev–Trinajstić information content (AvgIpc) is 2.35. The van der Waals surface area contributed by atoms with Gasteiger partial charge < -0.3 is 15.8 Å². The largest absolute Gasteiger partial charge is 0.490 e. The number of ether oxygens (including phenoxy) is 1. The first kappa shape index (κ1) is 17.5. The minimum atomic E-state index is -0.749. The lowest BCUT2D eigenvalue weighted by atomic mass is 9.93. The Morgan fingerprint density at radius 3 is 2.52 bits per heavy atom. The Labute approximate surface area is 128 Å². The lowest BCUT2D eigenvalue weighted by Crippen LogP contribution is -2.55. The Kier molecular flexibility index (Phi) is 5.78. The third kappa shape index (κ3) is 4.46. The molecule has 0 aliphatic heterocycles. The molecular weight excluding hydrogens is 264 g/mol. The van der Waals surface area contributed by atoms with E-state index in [2.05, 4.69) is 32.2 Å². The van der Waals surface area contributed by atoms with E-state index in [0.29, 0.717) is 13.0 Å². The van der Waals surface area contributed by atoms with Crippen LogP contribution in [-0.4, -0.2) is 24.1 Å². The van der Waals surface area contributed by atoms with Gasteiger partial charge in [-0.15, -0.1) is 0 Å². The Morgan fingerprint density at radius 1 is 1.38 bits per heavy atom. The molecule has 2 unspecified atom stereocenters. The second kappa shape index (κ2) is 6.94. The van der Waals surface area contributed by atoms with Gasteiger partial charge in [-0.05, 0) is 63.9 Å². The molecule has 0 aliphatic rings. The molecule has 1 amide bonds. The summed E-state index contributed by atoms with van der Waals surface area (Å²) >= 11 is 0. The van der Waals surface area contributed by atoms with Crippen molar-refractivity contribution in [3.8, 4) is 5.75 Å². The van der Waals surface area contributed by atoms with Gasteiger partial charge in [0, 0.05) is 6.42 Å². The molecule has 0 radical (unpaired) electrons. The van der Waals surface area contributed by atoms with Crippen molar-refractivity contribution in [1.29, 1.82) is 0 Å². The molecule has 0 heterocycles. The molecule has 0 aromatic heterocycles. The summed E-state index contributed by atoms with van der Waals surface area (Å²) in [5.41, 5.74) is 8.29. The fraction of sp³-hybridized carbons (Fsp3) is 0.588. The zero-order valence-electron chi connectivity index (χ0n) is 14.0. The maximum atomic E-state index is 11.7. The lowest BCUT2D eigenvalue weighted by Gasteiger charge is -2.30. The van der Waals surface area contributed by atoms with E-state index in [0.717, 1.165) is 11.3 Å². The highest BCUT2D eigenvalue weighted by atomic mass is 16.5. The van der Waals surface area contributed by atoms with E-state index in [9.17, 15) is 4.79 Å². The van der Waals surface area contributed by atoms with Crippen molar-refractivity contribution < 1.29 is 9.53 Å². The van der Waals surface area contributed by atoms with E-state index in [1.165, 1.54) is 11.1 Å². The van der Waals surface area contributed by atoms with Crippen LogP contribution in [0.25, 0.3) is 0 Å². The molecule has 0 saturated heterocycles. The second-order valence-electron chi connectivity index (χ2n) is 6.06. The van der Waals surface area contributed by atoms with Crippen LogP contribution >= 0.6 is 0 Å². The van der Waals surface area contributed by atoms with Gasteiger partial charge >= 0.3 is 0 Å². The minimum absolute atomic E-state index is 0.110. The normalized spacial score (nSPS) is 15.3. The minimum Gasteiger partial charge on any atom is -0.490 e. The smallest absolute Gasteiger partial charge is 0.237 e. The third-order valence-corrected chi connectivity index (χ3v) is 3.90. The quantitative estimate of drug-likeness (QED) is 0.812. The molecule has 0 saturated carbocycles. The van der Waals surface area contributed by atoms with Crippen molar-refractivity contribution in [2.75, 3.05) is 6.54 Å². The van der Waals surface area contributed by atoms with Crippen LogP contribution in [0, 0.1) is 20.8 Å². The molecule has 1 aromatic carbocycles. The summed E-state index contributed by atoms with van der Waals surface area (Å²) < 4.78 is 6.05. The molecule has 21 heavy (non-hydrogen) atoms. The first-order valence-corrected chi connectivity index (χ1v) is 7.49. The van der Waals surface area contributed by atoms with Gasteiger partial charge in [0.1, 0.15) is 5.75 Å². The van der Waals surface area contributed by atoms with E-state index in [-0.39, 0.29) is 12.0 Å². The molecule has 4 nitrogen and oxygen atoms in total. The van der Waals surface area contributed by atoms with Crippen LogP contribution in [0.2, 0.25) is 0 Å². The number of rotatable bonds is 7. The van der Waals surface area contributed by atoms with E-state index >= 15 is 0 Å². The number of aryl methyl sites for hydroxylation is 2. The number of nitrogens with one attached hydrogen (secondary N) is 1. The molecule has 1 rings (SSSR count). The number of primary amides is 1. The van der Waals surface area contributed by atoms with Gasteiger partial charge in [-0.2, -0.15) is 0 Å². The third-order valence-electron chi connectivity index (χ3n) is 3.90. The number of hydrogen-bond donors (Lipinski definition) is 2. The van der Waals surface area contributed by atoms with Crippen molar-refractivity contribution in [1.82, 2.24) is 5.32 Å². The predicted octanol–water partition coefficient (Wildman–Crippen LogP) is 2.62. The molecule has 0 spiro atoms. The van der Waals surface area contributed by atoms with E-state index in [1.54, 1.807) is 0 Å². The lowest BCUT2D eigenvalue weighted by molar-refractivity contribution is -0.124. The number of amides is 1. The Hall–Kier alpha value is -1.55. The summed E-state index contributed by atoms with van der Waals surface area (Å²) in [6.45, 7) is 12.6. The van der Waals surface area contributed by atoms with Crippen LogP contribution in [0.1, 0.15) is 43.9 Å². The first-order chi connectivity index (χ1) is 9.69. The number of carbonyl (C=O) groups excluding carboxylic acids is 1. The molecule has 2 atom stereocenters. The summed E-state index contributed by atoms with van der Waals surface area (Å²) in [6.07, 6.45) is 0.421. The molecular formula is C17H28N2O2. The summed E-state index contributed by atoms with van der Waals surface area (Å²) in [7, 11) is 0. The molecule has 3 N–H and O–H groups in total. The molecule has 0 fully saturated rings. The highest BCUT2D eigenvalue weighted by molar-refractivity contribution is 5.84. The number of hydrogen-bond acceptors (Lipinski definition) is 3. The molecule has 1 aromatic rings. The number of benzene rings is 1. The van der Waals surface area contributed by atoms with Crippen molar-refractivity contribution in [2.24, 2.45) is 5.73 Å². The van der Waals surface area contributed by atoms with Crippen LogP contribution in [0.3, 0.4) is 0 Å². The summed E-state index contributed by atoms with van der Waals surface area (Å²) in [6, 6.07) is 4.17. The molecule has 0 bridgehead atoms. The van der Waals surface area contributed by atoms with Gasteiger partial charge in [-0.1, -0.05) is 13.0 Å². The van der Waals surface area contributed by atoms with Crippen molar-refractivity contribution in [2.45, 2.75) is 59.6 Å². The Bertz CT molecular complexity index is 514. The second-order valence-corrected chi connectivity index (χ2v) is 6.06. The maximum Gasteiger partial charge on any atom is 0.237 e. The van der Waals surface area contributed by atoms with Gasteiger partial charge in [0.25, 0.3) is 0 Å². The van der Waals surface area contributed by atoms with Crippen LogP contribution in [0.4, 0.5) is 0 Å². The van der Waals surface area contributed by atoms with Crippen LogP contribution in [-0.2, 0) is 4.79 Å². The zero-order chi connectivity index (χ0) is 16.2. The zero-order valence-corrected chi connectivity index (χ0v) is 14.0. The van der Waals surface area contributed by atoms with E-state index in [4.69, 9.17) is 10.5 Å².